The first-order valence-electron chi connectivity index (χ1n) is 5.75. The molecule has 1 aromatic heterocycles. The average molecular weight is 261 g/mol. The molecule has 0 bridgehead atoms. The van der Waals surface area contributed by atoms with Gasteiger partial charge in [0.2, 0.25) is 0 Å². The summed E-state index contributed by atoms with van der Waals surface area (Å²) in [5.74, 6) is -0.572. The van der Waals surface area contributed by atoms with Gasteiger partial charge in [-0.25, -0.2) is 4.39 Å². The summed E-state index contributed by atoms with van der Waals surface area (Å²) in [6.45, 7) is 2.07. The van der Waals surface area contributed by atoms with Gasteiger partial charge < -0.3 is 14.8 Å². The Morgan fingerprint density at radius 3 is 2.74 bits per heavy atom. The summed E-state index contributed by atoms with van der Waals surface area (Å²) in [6, 6.07) is 5.58. The summed E-state index contributed by atoms with van der Waals surface area (Å²) in [6.07, 6.45) is 3.35. The topological polar surface area (TPSA) is 62.6 Å². The Balaban J connectivity index is 2.12. The van der Waals surface area contributed by atoms with Crippen molar-refractivity contribution in [3.8, 4) is 5.75 Å². The van der Waals surface area contributed by atoms with Crippen LogP contribution >= 0.6 is 0 Å². The molecule has 2 aromatic rings. The Hall–Kier alpha value is -1.92. The van der Waals surface area contributed by atoms with Gasteiger partial charge in [0.15, 0.2) is 11.6 Å². The molecule has 0 aliphatic carbocycles. The van der Waals surface area contributed by atoms with E-state index in [0.29, 0.717) is 0 Å². The van der Waals surface area contributed by atoms with Gasteiger partial charge in [0.1, 0.15) is 6.61 Å². The van der Waals surface area contributed by atoms with E-state index in [4.69, 9.17) is 14.8 Å². The summed E-state index contributed by atoms with van der Waals surface area (Å²) in [5.41, 5.74) is 1.98. The zero-order valence-corrected chi connectivity index (χ0v) is 10.4. The molecule has 0 unspecified atom stereocenters. The van der Waals surface area contributed by atoms with E-state index < -0.39 is 12.9 Å². The lowest BCUT2D eigenvalue weighted by atomic mass is 9.80. The number of pyridine rings is 1. The van der Waals surface area contributed by atoms with Gasteiger partial charge >= 0.3 is 7.12 Å². The van der Waals surface area contributed by atoms with Gasteiger partial charge in [-0.05, 0) is 36.1 Å². The van der Waals surface area contributed by atoms with Gasteiger partial charge in [-0.1, -0.05) is 6.07 Å². The van der Waals surface area contributed by atoms with E-state index in [9.17, 15) is 4.39 Å². The number of hydrogen-bond donors (Lipinski definition) is 2. The maximum absolute atomic E-state index is 13.5. The molecule has 0 aliphatic rings. The number of aromatic nitrogens is 1. The molecule has 0 spiro atoms. The summed E-state index contributed by atoms with van der Waals surface area (Å²) >= 11 is 0. The van der Waals surface area contributed by atoms with Crippen molar-refractivity contribution in [3.05, 3.63) is 53.6 Å². The highest BCUT2D eigenvalue weighted by Crippen LogP contribution is 2.16. The van der Waals surface area contributed by atoms with Crippen LogP contribution in [-0.4, -0.2) is 22.2 Å². The number of halogens is 1. The minimum atomic E-state index is -1.65. The molecule has 0 fully saturated rings. The maximum atomic E-state index is 13.5. The standard InChI is InChI=1S/C13H13BFNO3/c1-9-4-10(7-16-6-9)8-19-13-5-11(14(17)18)2-3-12(13)15/h2-7,17-18H,8H2,1H3. The first-order chi connectivity index (χ1) is 9.06. The fourth-order valence-corrected chi connectivity index (χ4v) is 1.65. The second-order valence-corrected chi connectivity index (χ2v) is 4.22. The average Bonchev–Trinajstić information content (AvgIpc) is 2.37. The van der Waals surface area contributed by atoms with Crippen LogP contribution in [0.2, 0.25) is 0 Å². The number of aryl methyl sites for hydroxylation is 1. The van der Waals surface area contributed by atoms with Crippen LogP contribution in [0.15, 0.2) is 36.7 Å². The molecule has 0 aliphatic heterocycles. The van der Waals surface area contributed by atoms with Crippen LogP contribution in [0.4, 0.5) is 4.39 Å². The van der Waals surface area contributed by atoms with Gasteiger partial charge in [0.25, 0.3) is 0 Å². The SMILES string of the molecule is Cc1cncc(COc2cc(B(O)O)ccc2F)c1. The molecular formula is C13H13BFNO3. The molecule has 98 valence electrons. The van der Waals surface area contributed by atoms with Crippen LogP contribution in [0, 0.1) is 12.7 Å². The van der Waals surface area contributed by atoms with E-state index in [1.54, 1.807) is 12.4 Å². The first kappa shape index (κ1) is 13.5. The molecule has 6 heteroatoms. The summed E-state index contributed by atoms with van der Waals surface area (Å²) in [4.78, 5) is 4.01. The quantitative estimate of drug-likeness (QED) is 0.798. The summed E-state index contributed by atoms with van der Waals surface area (Å²) in [5, 5.41) is 18.1. The van der Waals surface area contributed by atoms with Gasteiger partial charge in [-0.3, -0.25) is 4.98 Å². The zero-order valence-electron chi connectivity index (χ0n) is 10.4. The Kier molecular flexibility index (Phi) is 4.14. The summed E-state index contributed by atoms with van der Waals surface area (Å²) < 4.78 is 18.8. The number of nitrogens with zero attached hydrogens (tertiary/aromatic N) is 1. The van der Waals surface area contributed by atoms with Gasteiger partial charge in [0.05, 0.1) is 0 Å². The lowest BCUT2D eigenvalue weighted by molar-refractivity contribution is 0.290. The predicted molar refractivity (Wildman–Crippen MR) is 69.5 cm³/mol. The maximum Gasteiger partial charge on any atom is 0.488 e. The van der Waals surface area contributed by atoms with E-state index in [-0.39, 0.29) is 17.8 Å². The van der Waals surface area contributed by atoms with E-state index >= 15 is 0 Å². The lowest BCUT2D eigenvalue weighted by Crippen LogP contribution is -2.29. The Labute approximate surface area is 110 Å². The first-order valence-corrected chi connectivity index (χ1v) is 5.75. The van der Waals surface area contributed by atoms with Crippen LogP contribution in [-0.2, 0) is 6.61 Å². The van der Waals surface area contributed by atoms with Crippen molar-refractivity contribution < 1.29 is 19.2 Å². The largest absolute Gasteiger partial charge is 0.488 e. The molecule has 0 radical (unpaired) electrons. The van der Waals surface area contributed by atoms with Crippen molar-refractivity contribution in [2.45, 2.75) is 13.5 Å². The molecule has 0 saturated carbocycles. The Bertz CT molecular complexity index is 578. The normalized spacial score (nSPS) is 10.3. The number of benzene rings is 1. The van der Waals surface area contributed by atoms with Crippen LogP contribution in [0.5, 0.6) is 5.75 Å². The Morgan fingerprint density at radius 2 is 2.05 bits per heavy atom. The highest BCUT2D eigenvalue weighted by atomic mass is 19.1. The molecule has 2 N–H and O–H groups in total. The van der Waals surface area contributed by atoms with E-state index in [1.165, 1.54) is 12.1 Å². The van der Waals surface area contributed by atoms with Crippen molar-refractivity contribution in [1.82, 2.24) is 4.98 Å². The molecular weight excluding hydrogens is 248 g/mol. The smallest absolute Gasteiger partial charge is 0.486 e. The van der Waals surface area contributed by atoms with E-state index in [1.807, 2.05) is 13.0 Å². The van der Waals surface area contributed by atoms with Crippen LogP contribution in [0.1, 0.15) is 11.1 Å². The molecule has 2 rings (SSSR count). The highest BCUT2D eigenvalue weighted by Gasteiger charge is 2.14. The van der Waals surface area contributed by atoms with Gasteiger partial charge in [-0.15, -0.1) is 0 Å². The van der Waals surface area contributed by atoms with Gasteiger partial charge in [0, 0.05) is 18.0 Å². The second-order valence-electron chi connectivity index (χ2n) is 4.22. The van der Waals surface area contributed by atoms with E-state index in [0.717, 1.165) is 17.2 Å². The monoisotopic (exact) mass is 261 g/mol. The number of ether oxygens (including phenoxy) is 1. The molecule has 1 aromatic carbocycles. The highest BCUT2D eigenvalue weighted by molar-refractivity contribution is 6.58. The van der Waals surface area contributed by atoms with Crippen molar-refractivity contribution in [1.29, 1.82) is 0 Å². The Morgan fingerprint density at radius 1 is 1.26 bits per heavy atom. The fraction of sp³-hybridized carbons (Fsp3) is 0.154. The number of rotatable bonds is 4. The zero-order chi connectivity index (χ0) is 13.8. The lowest BCUT2D eigenvalue weighted by Gasteiger charge is -2.09. The summed E-state index contributed by atoms with van der Waals surface area (Å²) in [7, 11) is -1.65. The molecule has 0 saturated heterocycles. The molecule has 4 nitrogen and oxygen atoms in total. The number of hydrogen-bond acceptors (Lipinski definition) is 4. The van der Waals surface area contributed by atoms with Crippen molar-refractivity contribution in [3.63, 3.8) is 0 Å². The predicted octanol–water partition coefficient (Wildman–Crippen LogP) is 0.788. The van der Waals surface area contributed by atoms with Crippen LogP contribution in [0.3, 0.4) is 0 Å². The van der Waals surface area contributed by atoms with E-state index in [2.05, 4.69) is 4.98 Å². The van der Waals surface area contributed by atoms with Crippen LogP contribution in [0.25, 0.3) is 0 Å². The van der Waals surface area contributed by atoms with Crippen molar-refractivity contribution in [2.75, 3.05) is 0 Å². The third-order valence-electron chi connectivity index (χ3n) is 2.58. The van der Waals surface area contributed by atoms with Crippen LogP contribution < -0.4 is 10.2 Å². The van der Waals surface area contributed by atoms with Crippen molar-refractivity contribution in [2.24, 2.45) is 0 Å². The second kappa shape index (κ2) is 5.82. The third-order valence-corrected chi connectivity index (χ3v) is 2.58. The fourth-order valence-electron chi connectivity index (χ4n) is 1.65. The van der Waals surface area contributed by atoms with Crippen molar-refractivity contribution >= 4 is 12.6 Å². The molecule has 0 atom stereocenters. The minimum absolute atomic E-state index is 0.0212. The molecule has 0 amide bonds. The third kappa shape index (κ3) is 3.53. The van der Waals surface area contributed by atoms with Gasteiger partial charge in [-0.2, -0.15) is 0 Å². The minimum Gasteiger partial charge on any atom is -0.486 e. The molecule has 19 heavy (non-hydrogen) atoms. The molecule has 1 heterocycles.